The number of amides is 1. The first-order chi connectivity index (χ1) is 7.41. The van der Waals surface area contributed by atoms with Crippen molar-refractivity contribution < 1.29 is 17.8 Å². The Balaban J connectivity index is 3.06. The maximum Gasteiger partial charge on any atom is 0.236 e. The van der Waals surface area contributed by atoms with Crippen molar-refractivity contribution in [3.05, 3.63) is 29.8 Å². The summed E-state index contributed by atoms with van der Waals surface area (Å²) in [6.45, 7) is 1.26. The largest absolute Gasteiger partial charge is 0.744 e. The van der Waals surface area contributed by atoms with Gasteiger partial charge in [0.05, 0.1) is 11.1 Å². The Morgan fingerprint density at radius 1 is 1.44 bits per heavy atom. The molecule has 16 heavy (non-hydrogen) atoms. The fraction of sp³-hybridized carbons (Fsp3) is 0.111. The van der Waals surface area contributed by atoms with Crippen molar-refractivity contribution in [1.82, 2.24) is 5.43 Å². The van der Waals surface area contributed by atoms with E-state index in [-0.39, 0.29) is 10.5 Å². The molecule has 1 amide bonds. The van der Waals surface area contributed by atoms with E-state index in [4.69, 9.17) is 0 Å². The van der Waals surface area contributed by atoms with Crippen molar-refractivity contribution in [2.24, 2.45) is 5.10 Å². The van der Waals surface area contributed by atoms with Crippen LogP contribution in [0, 0.1) is 0 Å². The minimum absolute atomic E-state index is 0.131. The summed E-state index contributed by atoms with van der Waals surface area (Å²) in [5.41, 5.74) is 2.24. The third-order valence-corrected chi connectivity index (χ3v) is 2.52. The van der Waals surface area contributed by atoms with Crippen LogP contribution in [0.15, 0.2) is 34.3 Å². The van der Waals surface area contributed by atoms with E-state index in [1.165, 1.54) is 25.1 Å². The van der Waals surface area contributed by atoms with Crippen molar-refractivity contribution in [3.63, 3.8) is 0 Å². The first kappa shape index (κ1) is 12.3. The summed E-state index contributed by atoms with van der Waals surface area (Å²) >= 11 is 0. The van der Waals surface area contributed by atoms with E-state index >= 15 is 0 Å². The zero-order valence-electron chi connectivity index (χ0n) is 8.38. The normalized spacial score (nSPS) is 11.6. The van der Waals surface area contributed by atoms with Crippen molar-refractivity contribution in [2.45, 2.75) is 11.8 Å². The fourth-order valence-electron chi connectivity index (χ4n) is 1.01. The maximum absolute atomic E-state index is 10.8. The number of rotatable bonds is 3. The second-order valence-corrected chi connectivity index (χ2v) is 4.27. The summed E-state index contributed by atoms with van der Waals surface area (Å²) in [5, 5.41) is 3.49. The van der Waals surface area contributed by atoms with Gasteiger partial charge in [-0.2, -0.15) is 5.10 Å². The van der Waals surface area contributed by atoms with Crippen LogP contribution in [0.25, 0.3) is 0 Å². The molecule has 1 rings (SSSR count). The predicted octanol–water partition coefficient (Wildman–Crippen LogP) is 0.0607. The highest BCUT2D eigenvalue weighted by Crippen LogP contribution is 2.12. The highest BCUT2D eigenvalue weighted by molar-refractivity contribution is 7.85. The molecule has 0 aliphatic carbocycles. The lowest BCUT2D eigenvalue weighted by Crippen LogP contribution is -2.13. The van der Waals surface area contributed by atoms with Gasteiger partial charge in [0.25, 0.3) is 0 Å². The van der Waals surface area contributed by atoms with Crippen LogP contribution in [-0.4, -0.2) is 25.1 Å². The molecule has 0 aliphatic rings. The summed E-state index contributed by atoms with van der Waals surface area (Å²) in [6, 6.07) is 5.58. The van der Waals surface area contributed by atoms with Crippen LogP contribution in [0.4, 0.5) is 0 Å². The smallest absolute Gasteiger partial charge is 0.236 e. The molecule has 0 bridgehead atoms. The van der Waals surface area contributed by atoms with Gasteiger partial charge in [-0.1, -0.05) is 18.2 Å². The van der Waals surface area contributed by atoms with E-state index < -0.39 is 16.0 Å². The van der Waals surface area contributed by atoms with Crippen LogP contribution in [0.1, 0.15) is 12.5 Å². The van der Waals surface area contributed by atoms with Crippen LogP contribution in [0.5, 0.6) is 0 Å². The first-order valence-electron chi connectivity index (χ1n) is 4.26. The summed E-state index contributed by atoms with van der Waals surface area (Å²) < 4.78 is 32.5. The number of hydrogen-bond acceptors (Lipinski definition) is 5. The summed E-state index contributed by atoms with van der Waals surface area (Å²) in [5.74, 6) is -0.390. The number of nitrogens with zero attached hydrogens (tertiary/aromatic N) is 1. The standard InChI is InChI=1S/C9H10N2O4S/c1-7(12)11-10-6-8-4-2-3-5-9(8)16(13,14)15/h2-6H,1H3,(H,11,12)(H,13,14,15)/p-1. The number of hydrogen-bond donors (Lipinski definition) is 1. The topological polar surface area (TPSA) is 98.7 Å². The Morgan fingerprint density at radius 2 is 2.06 bits per heavy atom. The van der Waals surface area contributed by atoms with Crippen LogP contribution in [0.3, 0.4) is 0 Å². The molecule has 0 aliphatic heterocycles. The molecular formula is C9H9N2O4S-. The maximum atomic E-state index is 10.8. The van der Waals surface area contributed by atoms with E-state index in [9.17, 15) is 17.8 Å². The molecular weight excluding hydrogens is 232 g/mol. The molecule has 1 aromatic rings. The van der Waals surface area contributed by atoms with Crippen LogP contribution in [-0.2, 0) is 14.9 Å². The third kappa shape index (κ3) is 3.44. The van der Waals surface area contributed by atoms with Gasteiger partial charge in [0.15, 0.2) is 0 Å². The molecule has 0 radical (unpaired) electrons. The molecule has 0 heterocycles. The van der Waals surface area contributed by atoms with E-state index in [0.29, 0.717) is 0 Å². The molecule has 0 atom stereocenters. The Bertz CT molecular complexity index is 522. The second kappa shape index (κ2) is 4.86. The zero-order chi connectivity index (χ0) is 12.2. The Hall–Kier alpha value is -1.73. The quantitative estimate of drug-likeness (QED) is 0.459. The van der Waals surface area contributed by atoms with Gasteiger partial charge in [-0.25, -0.2) is 13.8 Å². The van der Waals surface area contributed by atoms with E-state index in [0.717, 1.165) is 6.21 Å². The molecule has 7 heteroatoms. The van der Waals surface area contributed by atoms with E-state index in [1.54, 1.807) is 6.07 Å². The minimum atomic E-state index is -4.54. The molecule has 1 aromatic carbocycles. The molecule has 1 N–H and O–H groups in total. The molecule has 0 aromatic heterocycles. The van der Waals surface area contributed by atoms with Gasteiger partial charge in [0.1, 0.15) is 10.1 Å². The van der Waals surface area contributed by atoms with Crippen LogP contribution < -0.4 is 5.43 Å². The van der Waals surface area contributed by atoms with Gasteiger partial charge in [0, 0.05) is 12.5 Å². The van der Waals surface area contributed by atoms with Gasteiger partial charge < -0.3 is 4.55 Å². The van der Waals surface area contributed by atoms with Gasteiger partial charge in [-0.15, -0.1) is 0 Å². The third-order valence-electron chi connectivity index (χ3n) is 1.61. The van der Waals surface area contributed by atoms with Crippen molar-refractivity contribution in [1.29, 1.82) is 0 Å². The lowest BCUT2D eigenvalue weighted by atomic mass is 10.2. The molecule has 86 valence electrons. The van der Waals surface area contributed by atoms with E-state index in [1.807, 2.05) is 0 Å². The Labute approximate surface area is 92.7 Å². The second-order valence-electron chi connectivity index (χ2n) is 2.92. The highest BCUT2D eigenvalue weighted by atomic mass is 32.2. The molecule has 0 fully saturated rings. The first-order valence-corrected chi connectivity index (χ1v) is 5.66. The SMILES string of the molecule is CC(=O)NN=Cc1ccccc1S(=O)(=O)[O-]. The van der Waals surface area contributed by atoms with Gasteiger partial charge in [-0.05, 0) is 6.07 Å². The number of nitrogens with one attached hydrogen (secondary N) is 1. The van der Waals surface area contributed by atoms with Gasteiger partial charge >= 0.3 is 0 Å². The lowest BCUT2D eigenvalue weighted by Gasteiger charge is -2.09. The molecule has 0 saturated heterocycles. The Morgan fingerprint density at radius 3 is 2.62 bits per heavy atom. The van der Waals surface area contributed by atoms with Crippen LogP contribution in [0.2, 0.25) is 0 Å². The van der Waals surface area contributed by atoms with Crippen molar-refractivity contribution in [2.75, 3.05) is 0 Å². The molecule has 0 spiro atoms. The van der Waals surface area contributed by atoms with E-state index in [2.05, 4.69) is 10.5 Å². The zero-order valence-corrected chi connectivity index (χ0v) is 9.19. The monoisotopic (exact) mass is 241 g/mol. The summed E-state index contributed by atoms with van der Waals surface area (Å²) in [4.78, 5) is 10.1. The highest BCUT2D eigenvalue weighted by Gasteiger charge is 2.05. The fourth-order valence-corrected chi connectivity index (χ4v) is 1.66. The number of carbonyl (C=O) groups is 1. The molecule has 0 unspecified atom stereocenters. The van der Waals surface area contributed by atoms with Crippen LogP contribution >= 0.6 is 0 Å². The average Bonchev–Trinajstić information content (AvgIpc) is 2.16. The number of benzene rings is 1. The van der Waals surface area contributed by atoms with Gasteiger partial charge in [0.2, 0.25) is 5.91 Å². The lowest BCUT2D eigenvalue weighted by molar-refractivity contribution is -0.118. The van der Waals surface area contributed by atoms with Crippen molar-refractivity contribution in [3.8, 4) is 0 Å². The Kier molecular flexibility index (Phi) is 3.75. The predicted molar refractivity (Wildman–Crippen MR) is 55.8 cm³/mol. The summed E-state index contributed by atoms with van der Waals surface area (Å²) in [7, 11) is -4.54. The average molecular weight is 241 g/mol. The minimum Gasteiger partial charge on any atom is -0.744 e. The number of carbonyl (C=O) groups excluding carboxylic acids is 1. The number of hydrazone groups is 1. The van der Waals surface area contributed by atoms with Crippen molar-refractivity contribution >= 4 is 22.2 Å². The van der Waals surface area contributed by atoms with Gasteiger partial charge in [-0.3, -0.25) is 4.79 Å². The molecule has 0 saturated carbocycles. The summed E-state index contributed by atoms with van der Waals surface area (Å²) in [6.07, 6.45) is 1.10. The molecule has 6 nitrogen and oxygen atoms in total.